The molecule has 0 spiro atoms. The van der Waals surface area contributed by atoms with Crippen molar-refractivity contribution in [3.63, 3.8) is 0 Å². The second kappa shape index (κ2) is 5.17. The SMILES string of the molecule is Cc1cc2ncc(CNC3CCCC(C)(C)C3)cn2n1. The van der Waals surface area contributed by atoms with Crippen LogP contribution in [-0.4, -0.2) is 20.6 Å². The number of hydrogen-bond donors (Lipinski definition) is 1. The third-order valence-electron chi connectivity index (χ3n) is 4.29. The number of hydrogen-bond acceptors (Lipinski definition) is 3. The lowest BCUT2D eigenvalue weighted by molar-refractivity contribution is 0.197. The maximum Gasteiger partial charge on any atom is 0.155 e. The molecule has 0 bridgehead atoms. The molecule has 1 N–H and O–H groups in total. The van der Waals surface area contributed by atoms with Crippen LogP contribution in [0, 0.1) is 12.3 Å². The summed E-state index contributed by atoms with van der Waals surface area (Å²) in [6.07, 6.45) is 9.28. The van der Waals surface area contributed by atoms with Crippen LogP contribution in [0.4, 0.5) is 0 Å². The van der Waals surface area contributed by atoms with E-state index in [0.29, 0.717) is 11.5 Å². The van der Waals surface area contributed by atoms with E-state index in [4.69, 9.17) is 0 Å². The Morgan fingerprint density at radius 1 is 1.45 bits per heavy atom. The zero-order chi connectivity index (χ0) is 14.2. The van der Waals surface area contributed by atoms with Gasteiger partial charge in [-0.25, -0.2) is 9.50 Å². The summed E-state index contributed by atoms with van der Waals surface area (Å²) in [7, 11) is 0. The van der Waals surface area contributed by atoms with Crippen molar-refractivity contribution in [1.82, 2.24) is 19.9 Å². The molecule has 0 saturated heterocycles. The van der Waals surface area contributed by atoms with E-state index in [-0.39, 0.29) is 0 Å². The van der Waals surface area contributed by atoms with Crippen LogP contribution >= 0.6 is 0 Å². The lowest BCUT2D eigenvalue weighted by Gasteiger charge is -2.35. The molecule has 2 heterocycles. The molecular weight excluding hydrogens is 248 g/mol. The molecule has 0 amide bonds. The predicted octanol–water partition coefficient (Wildman–Crippen LogP) is 3.10. The van der Waals surface area contributed by atoms with Crippen molar-refractivity contribution in [3.05, 3.63) is 29.7 Å². The first-order valence-corrected chi connectivity index (χ1v) is 7.56. The van der Waals surface area contributed by atoms with Gasteiger partial charge in [-0.05, 0) is 31.6 Å². The summed E-state index contributed by atoms with van der Waals surface area (Å²) in [5.74, 6) is 0. The largest absolute Gasteiger partial charge is 0.310 e. The molecule has 1 saturated carbocycles. The highest BCUT2D eigenvalue weighted by atomic mass is 15.2. The molecule has 3 rings (SSSR count). The van der Waals surface area contributed by atoms with Crippen LogP contribution in [0.3, 0.4) is 0 Å². The van der Waals surface area contributed by atoms with E-state index in [1.807, 2.05) is 23.7 Å². The number of rotatable bonds is 3. The fraction of sp³-hybridized carbons (Fsp3) is 0.625. The Bertz CT molecular complexity index is 600. The van der Waals surface area contributed by atoms with Crippen molar-refractivity contribution in [1.29, 1.82) is 0 Å². The average Bonchev–Trinajstić information content (AvgIpc) is 2.74. The molecule has 1 atom stereocenters. The van der Waals surface area contributed by atoms with Crippen LogP contribution in [0.25, 0.3) is 5.65 Å². The molecule has 2 aromatic rings. The van der Waals surface area contributed by atoms with E-state index in [1.54, 1.807) is 0 Å². The van der Waals surface area contributed by atoms with Crippen LogP contribution in [-0.2, 0) is 6.54 Å². The third-order valence-corrected chi connectivity index (χ3v) is 4.29. The molecule has 4 nitrogen and oxygen atoms in total. The van der Waals surface area contributed by atoms with E-state index < -0.39 is 0 Å². The smallest absolute Gasteiger partial charge is 0.155 e. The van der Waals surface area contributed by atoms with Crippen LogP contribution < -0.4 is 5.32 Å². The summed E-state index contributed by atoms with van der Waals surface area (Å²) < 4.78 is 1.87. The minimum absolute atomic E-state index is 0.483. The first-order valence-electron chi connectivity index (χ1n) is 7.56. The molecule has 2 aromatic heterocycles. The molecule has 1 aliphatic rings. The van der Waals surface area contributed by atoms with Crippen molar-refractivity contribution in [3.8, 4) is 0 Å². The Morgan fingerprint density at radius 2 is 2.30 bits per heavy atom. The van der Waals surface area contributed by atoms with Gasteiger partial charge >= 0.3 is 0 Å². The van der Waals surface area contributed by atoms with Crippen molar-refractivity contribution >= 4 is 5.65 Å². The maximum absolute atomic E-state index is 4.45. The Hall–Kier alpha value is -1.42. The van der Waals surface area contributed by atoms with E-state index in [0.717, 1.165) is 17.9 Å². The van der Waals surface area contributed by atoms with Gasteiger partial charge in [0.15, 0.2) is 5.65 Å². The van der Waals surface area contributed by atoms with Gasteiger partial charge in [0.1, 0.15) is 0 Å². The molecule has 108 valence electrons. The first kappa shape index (κ1) is 13.6. The summed E-state index contributed by atoms with van der Waals surface area (Å²) in [6, 6.07) is 2.63. The quantitative estimate of drug-likeness (QED) is 0.933. The van der Waals surface area contributed by atoms with Gasteiger partial charge in [-0.2, -0.15) is 5.10 Å². The zero-order valence-corrected chi connectivity index (χ0v) is 12.7. The van der Waals surface area contributed by atoms with Crippen molar-refractivity contribution in [2.75, 3.05) is 0 Å². The Balaban J connectivity index is 1.64. The minimum atomic E-state index is 0.483. The fourth-order valence-electron chi connectivity index (χ4n) is 3.26. The topological polar surface area (TPSA) is 42.2 Å². The highest BCUT2D eigenvalue weighted by Crippen LogP contribution is 2.35. The molecule has 0 radical (unpaired) electrons. The molecular formula is C16H24N4. The number of nitrogens with one attached hydrogen (secondary N) is 1. The van der Waals surface area contributed by atoms with Crippen molar-refractivity contribution in [2.24, 2.45) is 5.41 Å². The predicted molar refractivity (Wildman–Crippen MR) is 80.6 cm³/mol. The molecule has 1 fully saturated rings. The molecule has 0 aliphatic heterocycles. The van der Waals surface area contributed by atoms with Crippen LogP contribution in [0.5, 0.6) is 0 Å². The first-order chi connectivity index (χ1) is 9.52. The van der Waals surface area contributed by atoms with Gasteiger partial charge in [-0.1, -0.05) is 20.3 Å². The minimum Gasteiger partial charge on any atom is -0.310 e. The van der Waals surface area contributed by atoms with Gasteiger partial charge < -0.3 is 5.32 Å². The normalized spacial score (nSPS) is 22.2. The summed E-state index contributed by atoms with van der Waals surface area (Å²) in [4.78, 5) is 4.45. The van der Waals surface area contributed by atoms with Crippen molar-refractivity contribution in [2.45, 2.75) is 59.0 Å². The zero-order valence-electron chi connectivity index (χ0n) is 12.7. The maximum atomic E-state index is 4.45. The Kier molecular flexibility index (Phi) is 3.50. The monoisotopic (exact) mass is 272 g/mol. The van der Waals surface area contributed by atoms with Crippen molar-refractivity contribution < 1.29 is 0 Å². The second-order valence-electron chi connectivity index (χ2n) is 6.89. The number of fused-ring (bicyclic) bond motifs is 1. The molecule has 4 heteroatoms. The fourth-order valence-corrected chi connectivity index (χ4v) is 3.26. The lowest BCUT2D eigenvalue weighted by Crippen LogP contribution is -2.36. The summed E-state index contributed by atoms with van der Waals surface area (Å²) >= 11 is 0. The third kappa shape index (κ3) is 3.01. The van der Waals surface area contributed by atoms with Gasteiger partial charge in [0, 0.05) is 36.6 Å². The summed E-state index contributed by atoms with van der Waals surface area (Å²) in [6.45, 7) is 7.63. The van der Waals surface area contributed by atoms with E-state index in [2.05, 4.69) is 35.4 Å². The van der Waals surface area contributed by atoms with Crippen LogP contribution in [0.2, 0.25) is 0 Å². The number of aryl methyl sites for hydroxylation is 1. The van der Waals surface area contributed by atoms with Gasteiger partial charge in [-0.15, -0.1) is 0 Å². The van der Waals surface area contributed by atoms with Gasteiger partial charge in [0.2, 0.25) is 0 Å². The summed E-state index contributed by atoms with van der Waals surface area (Å²) in [5.41, 5.74) is 3.61. The lowest BCUT2D eigenvalue weighted by atomic mass is 9.75. The standard InChI is InChI=1S/C16H24N4/c1-12-7-15-18-10-13(11-20(15)19-12)9-17-14-5-4-6-16(2,3)8-14/h7,10-11,14,17H,4-6,8-9H2,1-3H3. The van der Waals surface area contributed by atoms with Crippen LogP contribution in [0.1, 0.15) is 50.8 Å². The van der Waals surface area contributed by atoms with Gasteiger partial charge in [0.05, 0.1) is 5.69 Å². The average molecular weight is 272 g/mol. The van der Waals surface area contributed by atoms with Gasteiger partial charge in [0.25, 0.3) is 0 Å². The van der Waals surface area contributed by atoms with Crippen LogP contribution in [0.15, 0.2) is 18.5 Å². The molecule has 0 aromatic carbocycles. The Morgan fingerprint density at radius 3 is 3.10 bits per heavy atom. The van der Waals surface area contributed by atoms with E-state index >= 15 is 0 Å². The highest BCUT2D eigenvalue weighted by molar-refractivity contribution is 5.38. The van der Waals surface area contributed by atoms with E-state index in [1.165, 1.54) is 31.2 Å². The second-order valence-corrected chi connectivity index (χ2v) is 6.89. The number of aromatic nitrogens is 3. The Labute approximate surface area is 120 Å². The highest BCUT2D eigenvalue weighted by Gasteiger charge is 2.27. The number of nitrogens with zero attached hydrogens (tertiary/aromatic N) is 3. The summed E-state index contributed by atoms with van der Waals surface area (Å²) in [5, 5.41) is 8.10. The van der Waals surface area contributed by atoms with Gasteiger partial charge in [-0.3, -0.25) is 0 Å². The molecule has 20 heavy (non-hydrogen) atoms. The molecule has 1 aliphatic carbocycles. The van der Waals surface area contributed by atoms with E-state index in [9.17, 15) is 0 Å². The molecule has 1 unspecified atom stereocenters.